The maximum absolute atomic E-state index is 14.7. The van der Waals surface area contributed by atoms with Gasteiger partial charge in [-0.2, -0.15) is 0 Å². The second-order valence-corrected chi connectivity index (χ2v) is 18.0. The van der Waals surface area contributed by atoms with Crippen LogP contribution in [0.2, 0.25) is 0 Å². The number of methoxy groups -OCH3 is 1. The number of allylic oxidation sites excluding steroid dienone is 1. The zero-order valence-electron chi connectivity index (χ0n) is 45.8. The molecular formula is C48H74N14O20. The minimum atomic E-state index is -2.19. The van der Waals surface area contributed by atoms with E-state index in [1.165, 1.54) is 40.7 Å². The third kappa shape index (κ3) is 27.2. The summed E-state index contributed by atoms with van der Waals surface area (Å²) in [5.41, 5.74) is 5.93. The van der Waals surface area contributed by atoms with Gasteiger partial charge in [0.05, 0.1) is 49.4 Å². The molecule has 0 bridgehead atoms. The number of aldehydes is 6. The molecule has 14 atom stereocenters. The molecule has 7 amide bonds. The van der Waals surface area contributed by atoms with Crippen molar-refractivity contribution in [3.63, 3.8) is 0 Å². The Hall–Kier alpha value is -8.41. The lowest BCUT2D eigenvalue weighted by Gasteiger charge is -2.36. The van der Waals surface area contributed by atoms with Gasteiger partial charge in [-0.15, -0.1) is 13.2 Å². The van der Waals surface area contributed by atoms with Crippen LogP contribution < -0.4 is 69.5 Å². The van der Waals surface area contributed by atoms with Gasteiger partial charge in [0.1, 0.15) is 37.7 Å². The van der Waals surface area contributed by atoms with Crippen molar-refractivity contribution in [1.82, 2.24) is 68.7 Å². The van der Waals surface area contributed by atoms with E-state index in [1.807, 2.05) is 0 Å². The van der Waals surface area contributed by atoms with E-state index < -0.39 is 183 Å². The Kier molecular flexibility index (Phi) is 35.1. The number of amides is 7. The Bertz CT molecular complexity index is 2310. The number of nitrogens with zero attached hydrogens (tertiary/aromatic N) is 1. The molecule has 456 valence electrons. The fraction of sp³-hybridized carbons (Fsp3) is 0.562. The van der Waals surface area contributed by atoms with Crippen LogP contribution in [0.15, 0.2) is 25.3 Å². The van der Waals surface area contributed by atoms with Crippen LogP contribution >= 0.6 is 0 Å². The first-order valence-corrected chi connectivity index (χ1v) is 25.0. The number of carbonyl (C=O) groups is 17. The molecule has 0 rings (SSSR count). The van der Waals surface area contributed by atoms with Crippen LogP contribution in [0.25, 0.3) is 0 Å². The number of carboxylic acids is 2. The van der Waals surface area contributed by atoms with Crippen molar-refractivity contribution in [2.75, 3.05) is 13.7 Å². The third-order valence-corrected chi connectivity index (χ3v) is 10.9. The smallest absolute Gasteiger partial charge is 0.343 e. The number of hydrogen-bond donors (Lipinski definition) is 15. The summed E-state index contributed by atoms with van der Waals surface area (Å²) in [6.45, 7) is 12.5. The number of rotatable bonds is 45. The number of ether oxygens (including phenoxy) is 1. The summed E-state index contributed by atoms with van der Waals surface area (Å²) >= 11 is 0. The van der Waals surface area contributed by atoms with E-state index in [2.05, 4.69) is 81.7 Å². The molecule has 16 N–H and O–H groups in total. The Morgan fingerprint density at radius 2 is 0.902 bits per heavy atom. The van der Waals surface area contributed by atoms with E-state index >= 15 is 0 Å². The molecule has 0 fully saturated rings. The molecule has 34 heteroatoms. The van der Waals surface area contributed by atoms with Crippen molar-refractivity contribution >= 4 is 103 Å². The summed E-state index contributed by atoms with van der Waals surface area (Å²) in [5, 5.41) is 46.1. The highest BCUT2D eigenvalue weighted by Crippen LogP contribution is 2.08. The molecule has 34 nitrogen and oxygen atoms in total. The van der Waals surface area contributed by atoms with Gasteiger partial charge in [0.15, 0.2) is 48.8 Å². The molecule has 0 aromatic rings. The van der Waals surface area contributed by atoms with Crippen LogP contribution in [0.1, 0.15) is 73.1 Å². The number of aliphatic carboxylic acids is 2. The average molecular weight is 1170 g/mol. The van der Waals surface area contributed by atoms with E-state index in [1.54, 1.807) is 0 Å². The molecule has 0 saturated heterocycles. The van der Waals surface area contributed by atoms with Crippen molar-refractivity contribution < 1.29 is 96.5 Å². The van der Waals surface area contributed by atoms with Crippen molar-refractivity contribution in [2.24, 2.45) is 5.73 Å². The standard InChI is InChI=1S/C48H74N14O20/c1-9-11-12-31(69)56-34(35(74)30(49)14-16-33(72)73)42(75)60-39(52-26(5)20-65)47(80)62(17-10-2)41(54-28(7)22-67)46(79)59-37(51-25(4)19-64)44(77)57-36(50-24(3)18-63)43(76)58-38(55-29(23-68)13-15-32(70)71)45(78)61-40(48(81)82-8)53-27(6)21-66/h9-10,18-30,34,36-41,50-55H,1-2,11-17,49H2,3-8H3,(H,56,69)(H,57,77)(H,58,76)(H,59,79)(H,60,75)(H,61,78)(H,70,71)(H,72,73)/t24-,25-,26-,27-,28-,29+,30-,34-,36+,37+,38+,39?,40+,41+/m0/s1. The molecule has 0 aliphatic carbocycles. The van der Waals surface area contributed by atoms with Crippen molar-refractivity contribution in [2.45, 2.75) is 158 Å². The molecule has 0 heterocycles. The molecule has 0 spiro atoms. The van der Waals surface area contributed by atoms with Gasteiger partial charge in [-0.3, -0.25) is 79.8 Å². The lowest BCUT2D eigenvalue weighted by molar-refractivity contribution is -0.147. The van der Waals surface area contributed by atoms with Gasteiger partial charge in [-0.25, -0.2) is 4.79 Å². The summed E-state index contributed by atoms with van der Waals surface area (Å²) in [4.78, 5) is 219. The van der Waals surface area contributed by atoms with Crippen LogP contribution in [-0.4, -0.2) is 217 Å². The van der Waals surface area contributed by atoms with E-state index in [0.717, 1.165) is 13.2 Å². The number of nitrogens with one attached hydrogen (secondary N) is 12. The zero-order chi connectivity index (χ0) is 62.8. The van der Waals surface area contributed by atoms with E-state index in [0.29, 0.717) is 11.2 Å². The average Bonchev–Trinajstić information content (AvgIpc) is 3.46. The van der Waals surface area contributed by atoms with Gasteiger partial charge in [0.25, 0.3) is 35.4 Å². The number of carbonyl (C=O) groups excluding carboxylic acids is 15. The maximum Gasteiger partial charge on any atom is 0.343 e. The van der Waals surface area contributed by atoms with Crippen LogP contribution in [0.4, 0.5) is 0 Å². The first-order chi connectivity index (χ1) is 38.6. The van der Waals surface area contributed by atoms with Crippen molar-refractivity contribution in [1.29, 1.82) is 0 Å². The van der Waals surface area contributed by atoms with Crippen LogP contribution in [0, 0.1) is 0 Å². The normalized spacial score (nSPS) is 16.0. The molecular weight excluding hydrogens is 1090 g/mol. The largest absolute Gasteiger partial charge is 0.481 e. The Morgan fingerprint density at radius 3 is 1.33 bits per heavy atom. The van der Waals surface area contributed by atoms with Crippen LogP contribution in [-0.2, 0) is 86.2 Å². The quantitative estimate of drug-likeness (QED) is 0.00885. The number of carboxylic acid groups (broad SMARTS) is 2. The first-order valence-electron chi connectivity index (χ1n) is 25.0. The van der Waals surface area contributed by atoms with Gasteiger partial charge in [0, 0.05) is 25.8 Å². The molecule has 0 saturated carbocycles. The Morgan fingerprint density at radius 1 is 0.500 bits per heavy atom. The number of nitrogens with two attached hydrogens (primary N) is 1. The summed E-state index contributed by atoms with van der Waals surface area (Å²) in [5.74, 6) is -14.4. The third-order valence-electron chi connectivity index (χ3n) is 10.9. The number of hydrogen-bond acceptors (Lipinski definition) is 25. The van der Waals surface area contributed by atoms with E-state index in [4.69, 9.17) is 10.8 Å². The van der Waals surface area contributed by atoms with Crippen molar-refractivity contribution in [3.8, 4) is 0 Å². The highest BCUT2D eigenvalue weighted by molar-refractivity contribution is 6.10. The minimum Gasteiger partial charge on any atom is -0.481 e. The lowest BCUT2D eigenvalue weighted by atomic mass is 10.00. The van der Waals surface area contributed by atoms with Crippen molar-refractivity contribution in [3.05, 3.63) is 25.3 Å². The number of ketones is 1. The summed E-state index contributed by atoms with van der Waals surface area (Å²) in [6.07, 6.45) is -11.1. The molecule has 0 radical (unpaired) electrons. The van der Waals surface area contributed by atoms with Crippen LogP contribution in [0.3, 0.4) is 0 Å². The van der Waals surface area contributed by atoms with Gasteiger partial charge in [-0.1, -0.05) is 12.2 Å². The predicted octanol–water partition coefficient (Wildman–Crippen LogP) is -8.17. The van der Waals surface area contributed by atoms with E-state index in [-0.39, 0.29) is 44.3 Å². The molecule has 0 aliphatic rings. The highest BCUT2D eigenvalue weighted by atomic mass is 16.5. The summed E-state index contributed by atoms with van der Waals surface area (Å²) in [6, 6.07) is -11.8. The molecule has 82 heavy (non-hydrogen) atoms. The van der Waals surface area contributed by atoms with Gasteiger partial charge in [0.2, 0.25) is 5.91 Å². The highest BCUT2D eigenvalue weighted by Gasteiger charge is 2.41. The SMILES string of the molecule is C=CCCC(=O)N[C@H](C(=O)NC(N[C@@H](C)C=O)C(=O)N(CC=C)[C@@H](N[C@@H](C)C=O)C(=O)N[C@@H](N[C@@H](C)C=O)C(=O)N[C@@H](N[C@@H](C)C=O)C(=O)N[C@@H](N[C@@H](C=O)CCC(=O)O)C(=O)N[C@@H](N[C@@H](C)C=O)C(=O)OC)C(=O)[C@@H](N)CCC(=O)O. The zero-order valence-corrected chi connectivity index (χ0v) is 45.8. The number of esters is 1. The maximum atomic E-state index is 14.7. The molecule has 0 aromatic carbocycles. The van der Waals surface area contributed by atoms with Gasteiger partial charge >= 0.3 is 17.9 Å². The first kappa shape index (κ1) is 73.6. The monoisotopic (exact) mass is 1170 g/mol. The molecule has 1 unspecified atom stereocenters. The topological polar surface area (TPSA) is 513 Å². The minimum absolute atomic E-state index is 0.0643. The molecule has 0 aliphatic heterocycles. The second kappa shape index (κ2) is 39.1. The molecule has 0 aromatic heterocycles. The summed E-state index contributed by atoms with van der Waals surface area (Å²) < 4.78 is 4.66. The lowest BCUT2D eigenvalue weighted by Crippen LogP contribution is -2.70. The Balaban J connectivity index is 7.68. The summed E-state index contributed by atoms with van der Waals surface area (Å²) in [7, 11) is 0.925. The predicted molar refractivity (Wildman–Crippen MR) is 282 cm³/mol. The number of Topliss-reactive ketones (excluding diaryl/α,β-unsaturated/α-hetero) is 1. The Labute approximate surface area is 470 Å². The van der Waals surface area contributed by atoms with Gasteiger partial charge < -0.3 is 86.3 Å². The van der Waals surface area contributed by atoms with Gasteiger partial charge in [-0.05, 0) is 53.9 Å². The van der Waals surface area contributed by atoms with Crippen LogP contribution in [0.5, 0.6) is 0 Å². The van der Waals surface area contributed by atoms with E-state index in [9.17, 15) is 86.6 Å². The fourth-order valence-electron chi connectivity index (χ4n) is 6.62. The second-order valence-electron chi connectivity index (χ2n) is 18.0. The fourth-order valence-corrected chi connectivity index (χ4v) is 6.62.